The van der Waals surface area contributed by atoms with Crippen LogP contribution in [0.1, 0.15) is 130 Å². The average Bonchev–Trinajstić information content (AvgIpc) is 0.826. The highest BCUT2D eigenvalue weighted by Crippen LogP contribution is 2.26. The van der Waals surface area contributed by atoms with Gasteiger partial charge in [-0.25, -0.2) is 4.79 Å². The lowest BCUT2D eigenvalue weighted by atomic mass is 9.97. The number of aliphatic hydroxyl groups excluding tert-OH is 9. The van der Waals surface area contributed by atoms with Gasteiger partial charge in [-0.3, -0.25) is 47.9 Å². The van der Waals surface area contributed by atoms with E-state index < -0.39 is 220 Å². The van der Waals surface area contributed by atoms with Gasteiger partial charge in [0.05, 0.1) is 59.5 Å². The number of benzene rings is 1. The number of nitrogens with one attached hydrogen (secondary N) is 11. The molecule has 3 aliphatic rings. The monoisotopic (exact) mass is 1620 g/mol. The summed E-state index contributed by atoms with van der Waals surface area (Å²) in [7, 11) is 0. The summed E-state index contributed by atoms with van der Waals surface area (Å²) in [5.74, 6) is -6.00. The zero-order valence-electron chi connectivity index (χ0n) is 64.9. The number of hydrogen-bond acceptors (Lipinski definition) is 29. The highest BCUT2D eigenvalue weighted by molar-refractivity contribution is 5.98. The number of carbonyl (C=O) groups excluding carboxylic acids is 11. The topological polar surface area (TPSA) is 611 Å². The molecule has 113 heavy (non-hydrogen) atoms. The molecule has 4 rings (SSSR count). The standard InChI is InChI=1S/C72H121N12O29/c1-41(2)56(67(103)82-47(15-14-28-77-71(73)104)66(102)81-46-20-18-42(3)19-21-46)83-54(94)16-13-17-55(95)84-72(38-105-32-22-51(91)74-25-7-10-29-108-68-57(78-43(4)88)63(99)60(96)48(35-85)111-68,39-106-33-23-52(92)75-26-8-11-30-109-69-58(79-44(5)89)64(100)61(97)49(36-86)112-69)40-107-34-24-53(93)76-27-9-12-31-110-70-59(80-45(6)90)65(101)62(98)50(37-87)113-70/h18-21,41,47-50,56-65,68-70,85-87,96-101H,3,7-17,22-40H2,1-2,4-6H3,(H,74,91)(H,75,92)(H,76,93)(H,78,88)(H,79,89)(H,80,90)(H,81,102)(H,82,103)(H,83,94)(H,84,95)(H3,73,77,104)/t47-,48+,49+,50+,56-,57+,58+,59+,60-,61-,62-,63+,64+,65+,68+,69+,70+/m0/s1. The van der Waals surface area contributed by atoms with E-state index in [2.05, 4.69) is 65.4 Å². The quantitative estimate of drug-likeness (QED) is 0.0270. The van der Waals surface area contributed by atoms with Gasteiger partial charge in [-0.2, -0.15) is 0 Å². The third-order valence-corrected chi connectivity index (χ3v) is 18.1. The van der Waals surface area contributed by atoms with Crippen LogP contribution in [-0.2, 0) is 90.6 Å². The number of carbonyl (C=O) groups is 11. The Hall–Kier alpha value is -7.53. The number of unbranched alkanes of at least 4 members (excludes halogenated alkanes) is 3. The number of ether oxygens (including phenoxy) is 9. The molecule has 0 aromatic heterocycles. The van der Waals surface area contributed by atoms with E-state index in [-0.39, 0.29) is 117 Å². The Balaban J connectivity index is 1.46. The molecular weight excluding hydrogens is 1500 g/mol. The second-order valence-corrected chi connectivity index (χ2v) is 28.1. The van der Waals surface area contributed by atoms with Crippen LogP contribution in [0.25, 0.3) is 0 Å². The number of hydrogen-bond donors (Lipinski definition) is 21. The van der Waals surface area contributed by atoms with Crippen LogP contribution < -0.4 is 64.2 Å². The molecule has 3 saturated heterocycles. The van der Waals surface area contributed by atoms with Crippen LogP contribution in [0.4, 0.5) is 10.5 Å². The molecule has 0 bridgehead atoms. The SMILES string of the molecule is [CH2]c1ccc(NC(=O)[C@H](CCCNC(N)=O)NC(=O)[C@@H](NC(=O)CCCC(=O)NC(COCCC(=O)NCCCCO[C@@H]2O[C@H](CO)[C@H](O)[C@H](O)[C@H]2NC(C)=O)(COCCC(=O)NCCCCO[C@@H]2O[C@H](CO)[C@H](O)[C@H](O)[C@H]2NC(C)=O)COCCC(=O)NCCCCO[C@@H]2O[C@H](CO)[C@H](O)[C@H](O)[C@H]2NC(C)=O)C(C)C)cc1. The summed E-state index contributed by atoms with van der Waals surface area (Å²) in [5.41, 5.74) is 4.71. The maximum atomic E-state index is 14.2. The predicted molar refractivity (Wildman–Crippen MR) is 397 cm³/mol. The molecule has 41 heteroatoms. The highest BCUT2D eigenvalue weighted by Gasteiger charge is 2.48. The summed E-state index contributed by atoms with van der Waals surface area (Å²) < 4.78 is 52.3. The van der Waals surface area contributed by atoms with Gasteiger partial charge in [0.1, 0.15) is 90.7 Å². The summed E-state index contributed by atoms with van der Waals surface area (Å²) in [6.45, 7) is 7.64. The Bertz CT molecular complexity index is 2880. The van der Waals surface area contributed by atoms with E-state index in [1.807, 2.05) is 0 Å². The minimum absolute atomic E-state index is 0.0246. The van der Waals surface area contributed by atoms with Crippen LogP contribution >= 0.6 is 0 Å². The first-order valence-corrected chi connectivity index (χ1v) is 38.1. The lowest BCUT2D eigenvalue weighted by Crippen LogP contribution is -2.64. The van der Waals surface area contributed by atoms with Crippen molar-refractivity contribution >= 4 is 70.8 Å². The molecule has 643 valence electrons. The van der Waals surface area contributed by atoms with Crippen molar-refractivity contribution in [3.05, 3.63) is 36.8 Å². The summed E-state index contributed by atoms with van der Waals surface area (Å²) in [5, 5.41) is 121. The van der Waals surface area contributed by atoms with Crippen LogP contribution in [0.15, 0.2) is 24.3 Å². The summed E-state index contributed by atoms with van der Waals surface area (Å²) in [4.78, 5) is 142. The molecule has 22 N–H and O–H groups in total. The molecule has 3 aliphatic heterocycles. The zero-order chi connectivity index (χ0) is 83.6. The molecule has 3 fully saturated rings. The van der Waals surface area contributed by atoms with Gasteiger partial charge >= 0.3 is 6.03 Å². The Labute approximate surface area is 656 Å². The van der Waals surface area contributed by atoms with Crippen molar-refractivity contribution in [1.82, 2.24) is 53.2 Å². The van der Waals surface area contributed by atoms with Gasteiger partial charge in [0.2, 0.25) is 59.1 Å². The lowest BCUT2D eigenvalue weighted by molar-refractivity contribution is -0.270. The van der Waals surface area contributed by atoms with Crippen molar-refractivity contribution in [2.45, 2.75) is 234 Å². The van der Waals surface area contributed by atoms with Gasteiger partial charge in [0.25, 0.3) is 0 Å². The molecule has 0 unspecified atom stereocenters. The smallest absolute Gasteiger partial charge is 0.312 e. The van der Waals surface area contributed by atoms with Gasteiger partial charge in [0.15, 0.2) is 18.9 Å². The van der Waals surface area contributed by atoms with E-state index in [4.69, 9.17) is 48.4 Å². The summed E-state index contributed by atoms with van der Waals surface area (Å²) in [6.07, 6.45) is -15.1. The molecule has 0 aliphatic carbocycles. The van der Waals surface area contributed by atoms with Crippen molar-refractivity contribution in [3.63, 3.8) is 0 Å². The molecule has 0 saturated carbocycles. The van der Waals surface area contributed by atoms with Gasteiger partial charge in [-0.15, -0.1) is 0 Å². The first-order valence-electron chi connectivity index (χ1n) is 38.1. The minimum Gasteiger partial charge on any atom is -0.394 e. The molecule has 17 atom stereocenters. The van der Waals surface area contributed by atoms with Crippen LogP contribution in [0, 0.1) is 12.8 Å². The van der Waals surface area contributed by atoms with Crippen LogP contribution in [0.3, 0.4) is 0 Å². The normalized spacial score (nSPS) is 24.2. The average molecular weight is 1620 g/mol. The number of urea groups is 1. The number of rotatable bonds is 54. The van der Waals surface area contributed by atoms with E-state index in [0.29, 0.717) is 49.8 Å². The van der Waals surface area contributed by atoms with Gasteiger partial charge in [0, 0.05) is 105 Å². The Kier molecular flexibility index (Phi) is 45.8. The van der Waals surface area contributed by atoms with E-state index in [0.717, 1.165) is 0 Å². The molecule has 41 nitrogen and oxygen atoms in total. The molecule has 12 amide bonds. The van der Waals surface area contributed by atoms with Crippen LogP contribution in [0.2, 0.25) is 0 Å². The second kappa shape index (κ2) is 52.9. The minimum atomic E-state index is -1.63. The largest absolute Gasteiger partial charge is 0.394 e. The van der Waals surface area contributed by atoms with Crippen molar-refractivity contribution < 1.29 is 141 Å². The van der Waals surface area contributed by atoms with Gasteiger partial charge in [-0.1, -0.05) is 26.0 Å². The fourth-order valence-corrected chi connectivity index (χ4v) is 12.0. The molecule has 0 spiro atoms. The Morgan fingerprint density at radius 2 is 0.832 bits per heavy atom. The highest BCUT2D eigenvalue weighted by atomic mass is 16.7. The maximum absolute atomic E-state index is 14.2. The third kappa shape index (κ3) is 36.5. The number of primary amides is 1. The fourth-order valence-electron chi connectivity index (χ4n) is 12.0. The number of anilines is 1. The van der Waals surface area contributed by atoms with Gasteiger partial charge < -0.3 is 153 Å². The zero-order valence-corrected chi connectivity index (χ0v) is 64.9. The Morgan fingerprint density at radius 1 is 0.460 bits per heavy atom. The molecule has 1 aromatic rings. The summed E-state index contributed by atoms with van der Waals surface area (Å²) >= 11 is 0. The van der Waals surface area contributed by atoms with Crippen molar-refractivity contribution in [3.8, 4) is 0 Å². The van der Waals surface area contributed by atoms with Crippen molar-refractivity contribution in [2.75, 3.05) is 111 Å². The third-order valence-electron chi connectivity index (χ3n) is 18.1. The lowest BCUT2D eigenvalue weighted by Gasteiger charge is -2.42. The number of nitrogens with two attached hydrogens (primary N) is 1. The van der Waals surface area contributed by atoms with Crippen molar-refractivity contribution in [2.24, 2.45) is 11.7 Å². The predicted octanol–water partition coefficient (Wildman–Crippen LogP) is -6.30. The first kappa shape index (κ1) is 97.8. The second-order valence-electron chi connectivity index (χ2n) is 28.1. The molecule has 3 heterocycles. The van der Waals surface area contributed by atoms with E-state index in [9.17, 15) is 98.7 Å². The van der Waals surface area contributed by atoms with Crippen LogP contribution in [-0.4, -0.2) is 326 Å². The summed E-state index contributed by atoms with van der Waals surface area (Å²) in [6, 6.07) is 0.0929. The number of aliphatic hydroxyl groups is 9. The Morgan fingerprint density at radius 3 is 1.19 bits per heavy atom. The van der Waals surface area contributed by atoms with Crippen molar-refractivity contribution in [1.29, 1.82) is 0 Å². The first-order chi connectivity index (χ1) is 53.8. The molecular formula is C72H121N12O29. The maximum Gasteiger partial charge on any atom is 0.312 e. The van der Waals surface area contributed by atoms with E-state index >= 15 is 0 Å². The van der Waals surface area contributed by atoms with E-state index in [1.165, 1.54) is 20.8 Å². The van der Waals surface area contributed by atoms with Gasteiger partial charge in [-0.05, 0) is 88.3 Å². The fraction of sp³-hybridized carbons (Fsp3) is 0.750. The van der Waals surface area contributed by atoms with Crippen LogP contribution in [0.5, 0.6) is 0 Å². The number of amides is 12. The molecule has 1 radical (unpaired) electrons. The van der Waals surface area contributed by atoms with E-state index in [1.54, 1.807) is 38.1 Å². The molecule has 1 aromatic carbocycles.